The van der Waals surface area contributed by atoms with Crippen LogP contribution < -0.4 is 0 Å². The molecule has 2 aliphatic heterocycles. The minimum atomic E-state index is -0.999. The third-order valence-electron chi connectivity index (χ3n) is 5.17. The number of nitrogens with zero attached hydrogens (tertiary/aromatic N) is 2. The van der Waals surface area contributed by atoms with E-state index in [2.05, 4.69) is 15.9 Å². The van der Waals surface area contributed by atoms with Crippen molar-refractivity contribution in [3.63, 3.8) is 0 Å². The van der Waals surface area contributed by atoms with Gasteiger partial charge in [0.25, 0.3) is 0 Å². The highest BCUT2D eigenvalue weighted by Gasteiger charge is 2.53. The maximum atomic E-state index is 13.4. The molecule has 1 aromatic rings. The van der Waals surface area contributed by atoms with E-state index >= 15 is 0 Å². The highest BCUT2D eigenvalue weighted by molar-refractivity contribution is 9.14. The number of halogens is 1. The highest BCUT2D eigenvalue weighted by Crippen LogP contribution is 2.49. The van der Waals surface area contributed by atoms with E-state index in [-0.39, 0.29) is 11.3 Å². The van der Waals surface area contributed by atoms with Crippen molar-refractivity contribution in [3.8, 4) is 0 Å². The number of benzene rings is 1. The fourth-order valence-corrected chi connectivity index (χ4v) is 5.74. The summed E-state index contributed by atoms with van der Waals surface area (Å²) >= 11 is 5.01. The van der Waals surface area contributed by atoms with E-state index in [0.717, 1.165) is 19.9 Å². The lowest BCUT2D eigenvalue weighted by Gasteiger charge is -2.43. The van der Waals surface area contributed by atoms with Gasteiger partial charge in [0, 0.05) is 6.54 Å². The summed E-state index contributed by atoms with van der Waals surface area (Å²) in [6.45, 7) is 9.18. The number of hydrogen-bond acceptors (Lipinski definition) is 5. The number of thioether (sulfide) groups is 1. The van der Waals surface area contributed by atoms with E-state index in [1.54, 1.807) is 32.6 Å². The SMILES string of the molecule is CC1=C(Br)SC2C1C(=O)N(C(C)C(=O)OC(C)(C)C)C(=O)N2CCc1ccccc1. The van der Waals surface area contributed by atoms with Crippen molar-refractivity contribution < 1.29 is 19.1 Å². The molecule has 0 aromatic heterocycles. The molecule has 3 unspecified atom stereocenters. The fraction of sp³-hybridized carbons (Fsp3) is 0.500. The Morgan fingerprint density at radius 2 is 1.87 bits per heavy atom. The van der Waals surface area contributed by atoms with Crippen LogP contribution in [-0.4, -0.2) is 51.3 Å². The van der Waals surface area contributed by atoms with E-state index in [1.807, 2.05) is 37.3 Å². The van der Waals surface area contributed by atoms with Crippen LogP contribution in [0.2, 0.25) is 0 Å². The van der Waals surface area contributed by atoms with Gasteiger partial charge in [0.1, 0.15) is 17.0 Å². The molecule has 2 heterocycles. The van der Waals surface area contributed by atoms with Gasteiger partial charge in [-0.25, -0.2) is 14.5 Å². The molecule has 1 aromatic carbocycles. The second kappa shape index (κ2) is 8.75. The topological polar surface area (TPSA) is 66.9 Å². The van der Waals surface area contributed by atoms with Crippen molar-refractivity contribution in [3.05, 3.63) is 45.3 Å². The minimum Gasteiger partial charge on any atom is -0.458 e. The summed E-state index contributed by atoms with van der Waals surface area (Å²) in [5.74, 6) is -1.42. The van der Waals surface area contributed by atoms with E-state index in [1.165, 1.54) is 11.8 Å². The highest BCUT2D eigenvalue weighted by atomic mass is 79.9. The van der Waals surface area contributed by atoms with Crippen LogP contribution in [0.25, 0.3) is 0 Å². The maximum Gasteiger partial charge on any atom is 0.329 e. The molecule has 0 bridgehead atoms. The van der Waals surface area contributed by atoms with Crippen molar-refractivity contribution in [2.45, 2.75) is 58.1 Å². The Balaban J connectivity index is 1.88. The molecule has 3 rings (SSSR count). The van der Waals surface area contributed by atoms with Gasteiger partial charge in [0.2, 0.25) is 5.91 Å². The van der Waals surface area contributed by atoms with Crippen molar-refractivity contribution in [1.29, 1.82) is 0 Å². The van der Waals surface area contributed by atoms with Gasteiger partial charge >= 0.3 is 12.0 Å². The molecule has 3 atom stereocenters. The standard InChI is InChI=1S/C22H27BrN2O4S/c1-13-16-18(26)25(14(2)20(27)29-22(3,4)5)21(28)24(19(16)30-17(13)23)12-11-15-9-7-6-8-10-15/h6-10,14,16,19H,11-12H2,1-5H3. The molecule has 0 saturated carbocycles. The summed E-state index contributed by atoms with van der Waals surface area (Å²) in [5, 5.41) is -0.315. The largest absolute Gasteiger partial charge is 0.458 e. The van der Waals surface area contributed by atoms with E-state index < -0.39 is 29.6 Å². The number of urea groups is 1. The van der Waals surface area contributed by atoms with E-state index in [4.69, 9.17) is 4.74 Å². The number of carbonyl (C=O) groups is 3. The number of fused-ring (bicyclic) bond motifs is 1. The van der Waals surface area contributed by atoms with Gasteiger partial charge in [-0.1, -0.05) is 42.1 Å². The summed E-state index contributed by atoms with van der Waals surface area (Å²) in [6, 6.07) is 8.45. The van der Waals surface area contributed by atoms with Crippen LogP contribution in [0, 0.1) is 5.92 Å². The monoisotopic (exact) mass is 494 g/mol. The molecule has 0 radical (unpaired) electrons. The molecule has 0 aliphatic carbocycles. The average Bonchev–Trinajstić information content (AvgIpc) is 2.96. The molecule has 6 nitrogen and oxygen atoms in total. The number of amides is 3. The molecule has 0 N–H and O–H groups in total. The van der Waals surface area contributed by atoms with Gasteiger partial charge in [0.15, 0.2) is 0 Å². The predicted octanol–water partition coefficient (Wildman–Crippen LogP) is 4.54. The molecule has 2 aliphatic rings. The first-order chi connectivity index (χ1) is 14.0. The van der Waals surface area contributed by atoms with Crippen LogP contribution in [0.4, 0.5) is 4.79 Å². The molecular weight excluding hydrogens is 468 g/mol. The summed E-state index contributed by atoms with van der Waals surface area (Å²) in [4.78, 5) is 42.2. The smallest absolute Gasteiger partial charge is 0.329 e. The van der Waals surface area contributed by atoms with Crippen LogP contribution in [0.1, 0.15) is 40.2 Å². The Hall–Kier alpha value is -1.80. The summed E-state index contributed by atoms with van der Waals surface area (Å²) in [6.07, 6.45) is 0.663. The van der Waals surface area contributed by atoms with Crippen molar-refractivity contribution in [2.24, 2.45) is 5.92 Å². The van der Waals surface area contributed by atoms with Gasteiger partial charge in [-0.05, 0) is 68.1 Å². The molecule has 8 heteroatoms. The molecule has 1 fully saturated rings. The lowest BCUT2D eigenvalue weighted by Crippen LogP contribution is -2.64. The first kappa shape index (κ1) is 22.9. The Kier molecular flexibility index (Phi) is 6.67. The maximum absolute atomic E-state index is 13.4. The van der Waals surface area contributed by atoms with Gasteiger partial charge in [0.05, 0.1) is 9.73 Å². The first-order valence-electron chi connectivity index (χ1n) is 9.94. The normalized spacial score (nSPS) is 23.0. The van der Waals surface area contributed by atoms with Crippen molar-refractivity contribution in [1.82, 2.24) is 9.80 Å². The molecule has 3 amide bonds. The molecule has 1 saturated heterocycles. The van der Waals surface area contributed by atoms with E-state index in [9.17, 15) is 14.4 Å². The third kappa shape index (κ3) is 4.59. The number of ether oxygens (including phenoxy) is 1. The molecule has 0 spiro atoms. The van der Waals surface area contributed by atoms with Crippen LogP contribution in [0.15, 0.2) is 39.7 Å². The molecule has 162 valence electrons. The molecule has 30 heavy (non-hydrogen) atoms. The zero-order chi connectivity index (χ0) is 22.2. The number of imide groups is 1. The minimum absolute atomic E-state index is 0.315. The van der Waals surface area contributed by atoms with Crippen LogP contribution >= 0.6 is 27.7 Å². The third-order valence-corrected chi connectivity index (χ3v) is 7.65. The Labute approximate surface area is 190 Å². The van der Waals surface area contributed by atoms with E-state index in [0.29, 0.717) is 13.0 Å². The predicted molar refractivity (Wildman–Crippen MR) is 121 cm³/mol. The number of hydrogen-bond donors (Lipinski definition) is 0. The summed E-state index contributed by atoms with van der Waals surface area (Å²) in [7, 11) is 0. The van der Waals surface area contributed by atoms with Gasteiger partial charge in [-0.15, -0.1) is 0 Å². The number of esters is 1. The average molecular weight is 495 g/mol. The van der Waals surface area contributed by atoms with Gasteiger partial charge in [-0.3, -0.25) is 4.79 Å². The second-order valence-corrected chi connectivity index (χ2v) is 11.0. The van der Waals surface area contributed by atoms with Gasteiger partial charge in [-0.2, -0.15) is 0 Å². The van der Waals surface area contributed by atoms with Crippen LogP contribution in [0.5, 0.6) is 0 Å². The fourth-order valence-electron chi connectivity index (χ4n) is 3.61. The second-order valence-electron chi connectivity index (χ2n) is 8.57. The molecular formula is C22H27BrN2O4S. The Morgan fingerprint density at radius 1 is 1.23 bits per heavy atom. The van der Waals surface area contributed by atoms with Crippen molar-refractivity contribution >= 4 is 45.6 Å². The van der Waals surface area contributed by atoms with Crippen LogP contribution in [-0.2, 0) is 20.7 Å². The first-order valence-corrected chi connectivity index (χ1v) is 11.6. The number of carbonyl (C=O) groups excluding carboxylic acids is 3. The summed E-state index contributed by atoms with van der Waals surface area (Å²) < 4.78 is 6.31. The summed E-state index contributed by atoms with van der Waals surface area (Å²) in [5.41, 5.74) is 1.29. The van der Waals surface area contributed by atoms with Gasteiger partial charge < -0.3 is 9.64 Å². The van der Waals surface area contributed by atoms with Crippen LogP contribution in [0.3, 0.4) is 0 Å². The zero-order valence-corrected chi connectivity index (χ0v) is 20.2. The lowest BCUT2D eigenvalue weighted by molar-refractivity contribution is -0.164. The lowest BCUT2D eigenvalue weighted by atomic mass is 9.96. The quantitative estimate of drug-likeness (QED) is 0.562. The van der Waals surface area contributed by atoms with Crippen molar-refractivity contribution in [2.75, 3.05) is 6.54 Å². The Bertz CT molecular complexity index is 881. The number of rotatable bonds is 5. The zero-order valence-electron chi connectivity index (χ0n) is 17.8. The Morgan fingerprint density at radius 3 is 2.47 bits per heavy atom.